The number of hydrogen-bond donors (Lipinski definition) is 2. The first-order valence-electron chi connectivity index (χ1n) is 11.1. The van der Waals surface area contributed by atoms with E-state index < -0.39 is 30.3 Å². The molecule has 0 bridgehead atoms. The smallest absolute Gasteiger partial charge is 0.462 e. The summed E-state index contributed by atoms with van der Waals surface area (Å²) in [6.07, 6.45) is -1.43. The van der Waals surface area contributed by atoms with Gasteiger partial charge in [-0.3, -0.25) is 9.53 Å². The van der Waals surface area contributed by atoms with Gasteiger partial charge in [0.15, 0.2) is 0 Å². The monoisotopic (exact) mass is 492 g/mol. The van der Waals surface area contributed by atoms with Crippen LogP contribution in [-0.2, 0) is 25.5 Å². The van der Waals surface area contributed by atoms with E-state index >= 15 is 0 Å². The minimum atomic E-state index is -4.67. The average molecular weight is 492 g/mol. The van der Waals surface area contributed by atoms with Crippen LogP contribution in [0.25, 0.3) is 6.08 Å². The number of hydrogen-bond acceptors (Lipinski definition) is 7. The highest BCUT2D eigenvalue weighted by atomic mass is 19.4. The van der Waals surface area contributed by atoms with Gasteiger partial charge >= 0.3 is 18.3 Å². The summed E-state index contributed by atoms with van der Waals surface area (Å²) in [7, 11) is 0. The molecule has 0 spiro atoms. The number of nitrogen functional groups attached to an aromatic ring is 2. The van der Waals surface area contributed by atoms with E-state index in [1.54, 1.807) is 48.5 Å². The first kappa shape index (κ1) is 26.1. The maximum Gasteiger partial charge on any atom is 0.522 e. The fraction of sp³-hybridized carbons (Fsp3) is 0.360. The third kappa shape index (κ3) is 8.97. The van der Waals surface area contributed by atoms with Crippen molar-refractivity contribution in [3.63, 3.8) is 0 Å². The Hall–Kier alpha value is -3.53. The van der Waals surface area contributed by atoms with Crippen molar-refractivity contribution in [3.05, 3.63) is 59.7 Å². The molecule has 1 fully saturated rings. The molecule has 0 radical (unpaired) electrons. The van der Waals surface area contributed by atoms with Crippen molar-refractivity contribution >= 4 is 29.4 Å². The number of anilines is 2. The van der Waals surface area contributed by atoms with Crippen LogP contribution in [0.2, 0.25) is 0 Å². The van der Waals surface area contributed by atoms with Crippen molar-refractivity contribution in [2.45, 2.75) is 44.6 Å². The van der Waals surface area contributed by atoms with Gasteiger partial charge in [0.1, 0.15) is 5.75 Å². The lowest BCUT2D eigenvalue weighted by atomic mass is 9.87. The number of carbonyl (C=O) groups is 2. The van der Waals surface area contributed by atoms with E-state index in [1.807, 2.05) is 0 Å². The first-order valence-corrected chi connectivity index (χ1v) is 11.1. The number of nitrogens with two attached hydrogens (primary N) is 2. The predicted octanol–water partition coefficient (Wildman–Crippen LogP) is 4.65. The summed E-state index contributed by atoms with van der Waals surface area (Å²) in [5.41, 5.74) is 14.1. The number of esters is 2. The second-order valence-corrected chi connectivity index (χ2v) is 8.29. The highest BCUT2D eigenvalue weighted by molar-refractivity contribution is 5.87. The largest absolute Gasteiger partial charge is 0.522 e. The molecule has 2 aromatic rings. The van der Waals surface area contributed by atoms with Gasteiger partial charge in [-0.15, -0.1) is 13.2 Å². The molecule has 0 atom stereocenters. The van der Waals surface area contributed by atoms with E-state index in [-0.39, 0.29) is 32.3 Å². The summed E-state index contributed by atoms with van der Waals surface area (Å²) < 4.78 is 51.5. The molecular formula is C25H27F3N2O5. The molecule has 0 heterocycles. The quantitative estimate of drug-likeness (QED) is 0.239. The normalized spacial score (nSPS) is 18.4. The summed E-state index contributed by atoms with van der Waals surface area (Å²) in [6.45, 7) is 0.172. The maximum atomic E-state index is 12.3. The molecule has 1 saturated carbocycles. The molecule has 0 saturated heterocycles. The van der Waals surface area contributed by atoms with Crippen LogP contribution in [0, 0.1) is 5.92 Å². The number of carbonyl (C=O) groups excluding carboxylic acids is 2. The van der Waals surface area contributed by atoms with Crippen LogP contribution in [0.3, 0.4) is 0 Å². The van der Waals surface area contributed by atoms with Gasteiger partial charge in [-0.2, -0.15) is 0 Å². The minimum absolute atomic E-state index is 0.145. The van der Waals surface area contributed by atoms with Crippen LogP contribution in [-0.4, -0.2) is 31.0 Å². The highest BCUT2D eigenvalue weighted by Crippen LogP contribution is 2.31. The molecule has 7 nitrogen and oxygen atoms in total. The van der Waals surface area contributed by atoms with Crippen LogP contribution in [0.1, 0.15) is 36.8 Å². The van der Waals surface area contributed by atoms with Gasteiger partial charge in [0, 0.05) is 23.9 Å². The fourth-order valence-electron chi connectivity index (χ4n) is 3.82. The Kier molecular flexibility index (Phi) is 8.75. The van der Waals surface area contributed by atoms with Crippen molar-refractivity contribution in [1.82, 2.24) is 0 Å². The van der Waals surface area contributed by atoms with Gasteiger partial charge in [0.2, 0.25) is 0 Å². The molecule has 0 aromatic heterocycles. The summed E-state index contributed by atoms with van der Waals surface area (Å²) in [4.78, 5) is 24.3. The van der Waals surface area contributed by atoms with Crippen LogP contribution in [0.15, 0.2) is 48.5 Å². The molecule has 10 heteroatoms. The third-order valence-electron chi connectivity index (χ3n) is 5.49. The summed E-state index contributed by atoms with van der Waals surface area (Å²) >= 11 is 0. The maximum absolute atomic E-state index is 12.3. The van der Waals surface area contributed by atoms with Gasteiger partial charge in [-0.1, -0.05) is 12.1 Å². The van der Waals surface area contributed by atoms with Gasteiger partial charge in [-0.25, -0.2) is 4.79 Å². The predicted molar refractivity (Wildman–Crippen MR) is 124 cm³/mol. The van der Waals surface area contributed by atoms with Crippen LogP contribution < -0.4 is 16.2 Å². The lowest BCUT2D eigenvalue weighted by Gasteiger charge is -2.27. The molecule has 188 valence electrons. The van der Waals surface area contributed by atoms with Crippen molar-refractivity contribution < 1.29 is 37.0 Å². The molecule has 1 aliphatic carbocycles. The van der Waals surface area contributed by atoms with Crippen molar-refractivity contribution in [2.75, 3.05) is 18.1 Å². The minimum Gasteiger partial charge on any atom is -0.462 e. The van der Waals surface area contributed by atoms with Crippen molar-refractivity contribution in [2.24, 2.45) is 5.92 Å². The number of halogens is 3. The number of rotatable bonds is 8. The average Bonchev–Trinajstić information content (AvgIpc) is 2.77. The fourth-order valence-corrected chi connectivity index (χ4v) is 3.82. The molecule has 4 N–H and O–H groups in total. The van der Waals surface area contributed by atoms with E-state index in [0.717, 1.165) is 5.56 Å². The molecular weight excluding hydrogens is 465 g/mol. The third-order valence-corrected chi connectivity index (χ3v) is 5.49. The molecule has 2 aromatic carbocycles. The van der Waals surface area contributed by atoms with Crippen molar-refractivity contribution in [3.8, 4) is 5.75 Å². The van der Waals surface area contributed by atoms with E-state index in [0.29, 0.717) is 29.1 Å². The lowest BCUT2D eigenvalue weighted by molar-refractivity contribution is -0.345. The Morgan fingerprint density at radius 2 is 1.60 bits per heavy atom. The number of ether oxygens (including phenoxy) is 3. The second-order valence-electron chi connectivity index (χ2n) is 8.29. The number of alkyl halides is 3. The Labute approximate surface area is 200 Å². The van der Waals surface area contributed by atoms with Crippen molar-refractivity contribution in [1.29, 1.82) is 0 Å². The van der Waals surface area contributed by atoms with Crippen LogP contribution >= 0.6 is 0 Å². The van der Waals surface area contributed by atoms with E-state index in [2.05, 4.69) is 4.74 Å². The molecule has 1 aliphatic rings. The Morgan fingerprint density at radius 3 is 2.20 bits per heavy atom. The lowest BCUT2D eigenvalue weighted by Crippen LogP contribution is -2.32. The molecule has 3 rings (SSSR count). The van der Waals surface area contributed by atoms with Crippen LogP contribution in [0.5, 0.6) is 5.75 Å². The summed E-state index contributed by atoms with van der Waals surface area (Å²) in [5.74, 6) is -1.15. The zero-order valence-electron chi connectivity index (χ0n) is 18.9. The zero-order chi connectivity index (χ0) is 25.4. The summed E-state index contributed by atoms with van der Waals surface area (Å²) in [6, 6.07) is 11.7. The molecule has 0 amide bonds. The molecule has 0 unspecified atom stereocenters. The van der Waals surface area contributed by atoms with Crippen LogP contribution in [0.4, 0.5) is 24.5 Å². The van der Waals surface area contributed by atoms with E-state index in [4.69, 9.17) is 20.9 Å². The van der Waals surface area contributed by atoms with Gasteiger partial charge in [-0.05, 0) is 73.2 Å². The van der Waals surface area contributed by atoms with E-state index in [1.165, 1.54) is 6.08 Å². The SMILES string of the molecule is Nc1cc(N)cc(CCOC(=O)C=Cc2ccc(OC(=O)C3CCC(OC(F)(F)F)CC3)cc2)c1. The standard InChI is InChI=1S/C25H27F3N2O5/c26-25(27,28)35-22-8-4-18(5-9-22)24(32)34-21-6-1-16(2-7-21)3-10-23(31)33-12-11-17-13-19(29)15-20(30)14-17/h1-3,6-7,10,13-15,18,22H,4-5,8-9,11-12,29-30H2. The van der Waals surface area contributed by atoms with Gasteiger partial charge in [0.25, 0.3) is 0 Å². The van der Waals surface area contributed by atoms with E-state index in [9.17, 15) is 22.8 Å². The van der Waals surface area contributed by atoms with Gasteiger partial charge < -0.3 is 20.9 Å². The Bertz CT molecular complexity index is 1030. The zero-order valence-corrected chi connectivity index (χ0v) is 18.9. The first-order chi connectivity index (χ1) is 16.6. The molecule has 0 aliphatic heterocycles. The summed E-state index contributed by atoms with van der Waals surface area (Å²) in [5, 5.41) is 0. The Morgan fingerprint density at radius 1 is 0.971 bits per heavy atom. The topological polar surface area (TPSA) is 114 Å². The Balaban J connectivity index is 1.40. The number of benzene rings is 2. The highest BCUT2D eigenvalue weighted by Gasteiger charge is 2.36. The molecule has 35 heavy (non-hydrogen) atoms. The second kappa shape index (κ2) is 11.7. The van der Waals surface area contributed by atoms with Gasteiger partial charge in [0.05, 0.1) is 18.6 Å².